The Balaban J connectivity index is 1.75. The van der Waals surface area contributed by atoms with Crippen LogP contribution in [0.15, 0.2) is 76.1 Å². The summed E-state index contributed by atoms with van der Waals surface area (Å²) < 4.78 is 5.29. The van der Waals surface area contributed by atoms with Crippen molar-refractivity contribution in [3.63, 3.8) is 0 Å². The van der Waals surface area contributed by atoms with Crippen LogP contribution in [0.25, 0.3) is 22.2 Å². The van der Waals surface area contributed by atoms with Crippen molar-refractivity contribution in [1.82, 2.24) is 9.88 Å². The normalized spacial score (nSPS) is 17.4. The molecule has 1 aliphatic rings. The molecule has 0 amide bonds. The molecular formula is C19H18N4OS. The second-order valence-electron chi connectivity index (χ2n) is 5.74. The third-order valence-electron chi connectivity index (χ3n) is 4.08. The molecule has 0 fully saturated rings. The second kappa shape index (κ2) is 6.64. The molecule has 1 aromatic heterocycles. The van der Waals surface area contributed by atoms with Crippen molar-refractivity contribution in [1.29, 1.82) is 0 Å². The Labute approximate surface area is 150 Å². The predicted molar refractivity (Wildman–Crippen MR) is 102 cm³/mol. The minimum atomic E-state index is -0.118. The lowest BCUT2D eigenvalue weighted by atomic mass is 10.1. The van der Waals surface area contributed by atoms with Crippen molar-refractivity contribution in [2.75, 3.05) is 14.2 Å². The molecule has 3 aromatic rings. The average Bonchev–Trinajstić information content (AvgIpc) is 3.21. The lowest BCUT2D eigenvalue weighted by molar-refractivity contribution is 0.318. The van der Waals surface area contributed by atoms with Gasteiger partial charge in [-0.3, -0.25) is 0 Å². The Kier molecular flexibility index (Phi) is 4.19. The number of thioether (sulfide) groups is 1. The standard InChI is InChI=1S/C19H18N4OS/c1-23-12-16(24-2)25-19(23)22-21-18-14-10-6-7-11-15(14)20-17(18)13-8-4-3-5-9-13/h3-12,19-20H,1-2H3. The van der Waals surface area contributed by atoms with Gasteiger partial charge in [0.1, 0.15) is 5.69 Å². The van der Waals surface area contributed by atoms with Gasteiger partial charge in [0.05, 0.1) is 19.0 Å². The molecule has 0 spiro atoms. The van der Waals surface area contributed by atoms with Crippen molar-refractivity contribution >= 4 is 28.4 Å². The van der Waals surface area contributed by atoms with Crippen LogP contribution >= 0.6 is 11.8 Å². The first kappa shape index (κ1) is 15.8. The Morgan fingerprint density at radius 2 is 1.84 bits per heavy atom. The third kappa shape index (κ3) is 3.00. The number of benzene rings is 2. The van der Waals surface area contributed by atoms with Gasteiger partial charge in [0.25, 0.3) is 0 Å². The topological polar surface area (TPSA) is 53.0 Å². The van der Waals surface area contributed by atoms with Crippen molar-refractivity contribution < 1.29 is 4.74 Å². The number of aromatic amines is 1. The number of nitrogens with zero attached hydrogens (tertiary/aromatic N) is 3. The zero-order valence-electron chi connectivity index (χ0n) is 14.0. The monoisotopic (exact) mass is 350 g/mol. The van der Waals surface area contributed by atoms with Gasteiger partial charge in [0, 0.05) is 23.5 Å². The van der Waals surface area contributed by atoms with E-state index in [1.165, 1.54) is 0 Å². The molecule has 1 unspecified atom stereocenters. The van der Waals surface area contributed by atoms with Gasteiger partial charge < -0.3 is 14.6 Å². The largest absolute Gasteiger partial charge is 0.489 e. The molecule has 4 rings (SSSR count). The number of rotatable bonds is 4. The van der Waals surface area contributed by atoms with E-state index in [0.29, 0.717) is 0 Å². The number of hydrogen-bond acceptors (Lipinski definition) is 5. The Bertz CT molecular complexity index is 948. The van der Waals surface area contributed by atoms with E-state index in [4.69, 9.17) is 4.74 Å². The van der Waals surface area contributed by atoms with E-state index in [1.54, 1.807) is 18.9 Å². The van der Waals surface area contributed by atoms with Crippen LogP contribution in [0.2, 0.25) is 0 Å². The maximum Gasteiger partial charge on any atom is 0.196 e. The van der Waals surface area contributed by atoms with Crippen LogP contribution in [0.4, 0.5) is 5.69 Å². The smallest absolute Gasteiger partial charge is 0.196 e. The molecule has 6 heteroatoms. The van der Waals surface area contributed by atoms with Gasteiger partial charge in [-0.2, -0.15) is 10.2 Å². The van der Waals surface area contributed by atoms with Crippen LogP contribution in [0, 0.1) is 0 Å². The number of aromatic nitrogens is 1. The molecule has 0 bridgehead atoms. The highest BCUT2D eigenvalue weighted by atomic mass is 32.2. The van der Waals surface area contributed by atoms with E-state index in [9.17, 15) is 0 Å². The van der Waals surface area contributed by atoms with Crippen LogP contribution < -0.4 is 0 Å². The van der Waals surface area contributed by atoms with Gasteiger partial charge in [-0.1, -0.05) is 48.5 Å². The summed E-state index contributed by atoms with van der Waals surface area (Å²) in [7, 11) is 3.63. The maximum atomic E-state index is 5.29. The molecule has 1 N–H and O–H groups in total. The predicted octanol–water partition coefficient (Wildman–Crippen LogP) is 5.33. The van der Waals surface area contributed by atoms with Crippen LogP contribution in [-0.4, -0.2) is 29.5 Å². The van der Waals surface area contributed by atoms with E-state index in [0.717, 1.165) is 32.9 Å². The maximum absolute atomic E-state index is 5.29. The summed E-state index contributed by atoms with van der Waals surface area (Å²) >= 11 is 1.54. The van der Waals surface area contributed by atoms with Crippen molar-refractivity contribution in [2.45, 2.75) is 5.50 Å². The second-order valence-corrected chi connectivity index (χ2v) is 6.80. The lowest BCUT2D eigenvalue weighted by Gasteiger charge is -2.12. The molecule has 2 aromatic carbocycles. The molecule has 5 nitrogen and oxygen atoms in total. The fourth-order valence-corrected chi connectivity index (χ4v) is 3.66. The first-order valence-electron chi connectivity index (χ1n) is 7.97. The summed E-state index contributed by atoms with van der Waals surface area (Å²) in [4.78, 5) is 5.47. The summed E-state index contributed by atoms with van der Waals surface area (Å²) in [6.45, 7) is 0. The molecule has 0 aliphatic carbocycles. The quantitative estimate of drug-likeness (QED) is 0.647. The third-order valence-corrected chi connectivity index (χ3v) is 5.22. The Morgan fingerprint density at radius 1 is 1.08 bits per heavy atom. The number of hydrogen-bond donors (Lipinski definition) is 1. The highest BCUT2D eigenvalue weighted by molar-refractivity contribution is 8.03. The molecule has 0 saturated heterocycles. The van der Waals surface area contributed by atoms with E-state index in [-0.39, 0.29) is 5.50 Å². The molecule has 0 radical (unpaired) electrons. The molecule has 1 aliphatic heterocycles. The van der Waals surface area contributed by atoms with Gasteiger partial charge in [0.2, 0.25) is 0 Å². The number of ether oxygens (including phenoxy) is 1. The number of H-pyrrole nitrogens is 1. The minimum absolute atomic E-state index is 0.118. The number of fused-ring (bicyclic) bond motifs is 1. The Morgan fingerprint density at radius 3 is 2.60 bits per heavy atom. The number of para-hydroxylation sites is 1. The van der Waals surface area contributed by atoms with Crippen molar-refractivity contribution in [3.8, 4) is 11.3 Å². The summed E-state index contributed by atoms with van der Waals surface area (Å²) in [5.74, 6) is 0. The average molecular weight is 350 g/mol. The molecule has 126 valence electrons. The van der Waals surface area contributed by atoms with Crippen LogP contribution in [0.1, 0.15) is 0 Å². The van der Waals surface area contributed by atoms with E-state index < -0.39 is 0 Å². The van der Waals surface area contributed by atoms with Gasteiger partial charge in [-0.05, 0) is 17.8 Å². The van der Waals surface area contributed by atoms with Crippen molar-refractivity contribution in [2.24, 2.45) is 10.2 Å². The van der Waals surface area contributed by atoms with Crippen molar-refractivity contribution in [3.05, 3.63) is 65.9 Å². The summed E-state index contributed by atoms with van der Waals surface area (Å²) in [5, 5.41) is 11.1. The fourth-order valence-electron chi connectivity index (χ4n) is 2.81. The number of azo groups is 1. The first-order chi connectivity index (χ1) is 12.3. The Hall–Kier alpha value is -2.73. The van der Waals surface area contributed by atoms with E-state index >= 15 is 0 Å². The summed E-state index contributed by atoms with van der Waals surface area (Å²) in [5.41, 5.74) is 3.87. The van der Waals surface area contributed by atoms with Gasteiger partial charge in [0.15, 0.2) is 10.6 Å². The van der Waals surface area contributed by atoms with Crippen LogP contribution in [-0.2, 0) is 4.74 Å². The summed E-state index contributed by atoms with van der Waals surface area (Å²) in [6.07, 6.45) is 1.93. The highest BCUT2D eigenvalue weighted by Gasteiger charge is 2.23. The number of nitrogens with one attached hydrogen (secondary N) is 1. The minimum Gasteiger partial charge on any atom is -0.489 e. The molecule has 0 saturated carbocycles. The van der Waals surface area contributed by atoms with E-state index in [2.05, 4.69) is 39.5 Å². The zero-order valence-corrected chi connectivity index (χ0v) is 14.8. The molecular weight excluding hydrogens is 332 g/mol. The van der Waals surface area contributed by atoms with Gasteiger partial charge in [-0.15, -0.1) is 0 Å². The van der Waals surface area contributed by atoms with E-state index in [1.807, 2.05) is 48.5 Å². The van der Waals surface area contributed by atoms with Crippen LogP contribution in [0.5, 0.6) is 0 Å². The number of methoxy groups -OCH3 is 1. The molecule has 1 atom stereocenters. The SMILES string of the molecule is COC1=CN(C)C(N=Nc2c(-c3ccccc3)[nH]c3ccccc23)S1. The molecule has 2 heterocycles. The van der Waals surface area contributed by atoms with Gasteiger partial charge in [-0.25, -0.2) is 0 Å². The highest BCUT2D eigenvalue weighted by Crippen LogP contribution is 2.39. The molecule has 25 heavy (non-hydrogen) atoms. The fraction of sp³-hybridized carbons (Fsp3) is 0.158. The van der Waals surface area contributed by atoms with Crippen LogP contribution in [0.3, 0.4) is 0 Å². The lowest BCUT2D eigenvalue weighted by Crippen LogP contribution is -2.16. The summed E-state index contributed by atoms with van der Waals surface area (Å²) in [6, 6.07) is 18.4. The zero-order chi connectivity index (χ0) is 17.2. The first-order valence-corrected chi connectivity index (χ1v) is 8.85. The van der Waals surface area contributed by atoms with Gasteiger partial charge >= 0.3 is 0 Å².